The molecule has 1 fully saturated rings. The Balaban J connectivity index is 1.80. The molecule has 1 unspecified atom stereocenters. The Labute approximate surface area is 149 Å². The quantitative estimate of drug-likeness (QED) is 0.919. The van der Waals surface area contributed by atoms with Gasteiger partial charge < -0.3 is 10.0 Å². The van der Waals surface area contributed by atoms with Crippen LogP contribution in [0.25, 0.3) is 11.4 Å². The van der Waals surface area contributed by atoms with Gasteiger partial charge in [0.2, 0.25) is 0 Å². The van der Waals surface area contributed by atoms with E-state index in [1.165, 1.54) is 0 Å². The monoisotopic (exact) mass is 341 g/mol. The van der Waals surface area contributed by atoms with E-state index in [9.17, 15) is 5.11 Å². The fourth-order valence-electron chi connectivity index (χ4n) is 3.39. The van der Waals surface area contributed by atoms with E-state index in [-0.39, 0.29) is 0 Å². The molecule has 2 aromatic heterocycles. The number of hydrogen-bond acceptors (Lipinski definition) is 6. The predicted octanol–water partition coefficient (Wildman–Crippen LogP) is 2.13. The molecule has 0 spiro atoms. The summed E-state index contributed by atoms with van der Waals surface area (Å²) in [5.41, 5.74) is 1.28. The van der Waals surface area contributed by atoms with Crippen LogP contribution in [0, 0.1) is 6.92 Å². The highest BCUT2D eigenvalue weighted by Crippen LogP contribution is 2.23. The second-order valence-corrected chi connectivity index (χ2v) is 7.52. The van der Waals surface area contributed by atoms with Crippen molar-refractivity contribution in [1.29, 1.82) is 0 Å². The zero-order valence-corrected chi connectivity index (χ0v) is 15.5. The lowest BCUT2D eigenvalue weighted by atomic mass is 10.1. The van der Waals surface area contributed by atoms with Crippen LogP contribution in [0.2, 0.25) is 0 Å². The van der Waals surface area contributed by atoms with Crippen molar-refractivity contribution in [1.82, 2.24) is 19.9 Å². The van der Waals surface area contributed by atoms with Crippen molar-refractivity contribution in [2.24, 2.45) is 0 Å². The molecule has 2 aromatic rings. The number of pyridine rings is 1. The summed E-state index contributed by atoms with van der Waals surface area (Å²) in [5, 5.41) is 10.1. The molecule has 3 rings (SSSR count). The maximum Gasteiger partial charge on any atom is 0.161 e. The van der Waals surface area contributed by atoms with Crippen LogP contribution in [0.3, 0.4) is 0 Å². The van der Waals surface area contributed by atoms with Gasteiger partial charge in [0, 0.05) is 61.9 Å². The summed E-state index contributed by atoms with van der Waals surface area (Å²) in [6.45, 7) is 11.3. The maximum atomic E-state index is 10.1. The van der Waals surface area contributed by atoms with Gasteiger partial charge >= 0.3 is 0 Å². The topological polar surface area (TPSA) is 65.4 Å². The Bertz CT molecular complexity index is 713. The first-order valence-corrected chi connectivity index (χ1v) is 8.79. The summed E-state index contributed by atoms with van der Waals surface area (Å²) in [6.07, 6.45) is 3.53. The molecule has 1 saturated heterocycles. The van der Waals surface area contributed by atoms with Gasteiger partial charge in [0.25, 0.3) is 0 Å². The number of nitrogens with zero attached hydrogens (tertiary/aromatic N) is 5. The molecule has 1 aliphatic heterocycles. The number of anilines is 1. The van der Waals surface area contributed by atoms with Crippen molar-refractivity contribution in [2.45, 2.75) is 39.3 Å². The Morgan fingerprint density at radius 1 is 1.20 bits per heavy atom. The van der Waals surface area contributed by atoms with E-state index < -0.39 is 5.60 Å². The number of β-amino-alcohol motifs (C(OH)–C–C–N with tert-alkyl or cyclic N) is 1. The molecule has 25 heavy (non-hydrogen) atoms. The molecule has 0 radical (unpaired) electrons. The Morgan fingerprint density at radius 3 is 2.56 bits per heavy atom. The highest BCUT2D eigenvalue weighted by molar-refractivity contribution is 5.57. The number of aromatic nitrogens is 3. The van der Waals surface area contributed by atoms with Crippen LogP contribution in [0.5, 0.6) is 0 Å². The highest BCUT2D eigenvalue weighted by atomic mass is 16.3. The molecule has 0 bridgehead atoms. The first-order valence-electron chi connectivity index (χ1n) is 8.79. The van der Waals surface area contributed by atoms with E-state index in [4.69, 9.17) is 4.98 Å². The average molecular weight is 341 g/mol. The number of rotatable bonds is 4. The average Bonchev–Trinajstić information content (AvgIpc) is 2.53. The minimum atomic E-state index is -0.665. The lowest BCUT2D eigenvalue weighted by molar-refractivity contribution is 0.0307. The van der Waals surface area contributed by atoms with Gasteiger partial charge in [-0.2, -0.15) is 0 Å². The minimum absolute atomic E-state index is 0.329. The van der Waals surface area contributed by atoms with Crippen LogP contribution in [-0.4, -0.2) is 62.8 Å². The largest absolute Gasteiger partial charge is 0.389 e. The van der Waals surface area contributed by atoms with Gasteiger partial charge in [0.05, 0.1) is 5.60 Å². The summed E-state index contributed by atoms with van der Waals surface area (Å²) >= 11 is 0. The van der Waals surface area contributed by atoms with Gasteiger partial charge in [-0.05, 0) is 39.8 Å². The molecule has 6 nitrogen and oxygen atoms in total. The van der Waals surface area contributed by atoms with Crippen molar-refractivity contribution in [3.8, 4) is 11.4 Å². The summed E-state index contributed by atoms with van der Waals surface area (Å²) in [6, 6.07) is 6.25. The number of piperazine rings is 1. The summed E-state index contributed by atoms with van der Waals surface area (Å²) in [7, 11) is 0. The third-order valence-electron chi connectivity index (χ3n) is 4.40. The van der Waals surface area contributed by atoms with Crippen LogP contribution in [0.1, 0.15) is 26.5 Å². The van der Waals surface area contributed by atoms with Crippen molar-refractivity contribution in [2.75, 3.05) is 31.1 Å². The molecule has 1 N–H and O–H groups in total. The molecule has 1 atom stereocenters. The zero-order chi connectivity index (χ0) is 18.0. The van der Waals surface area contributed by atoms with Crippen LogP contribution < -0.4 is 4.90 Å². The number of aliphatic hydroxyl groups is 1. The van der Waals surface area contributed by atoms with Crippen LogP contribution in [0.15, 0.2) is 30.6 Å². The maximum absolute atomic E-state index is 10.1. The first-order chi connectivity index (χ1) is 11.8. The Morgan fingerprint density at radius 2 is 1.92 bits per heavy atom. The van der Waals surface area contributed by atoms with E-state index in [0.29, 0.717) is 12.6 Å². The van der Waals surface area contributed by atoms with Crippen molar-refractivity contribution in [3.63, 3.8) is 0 Å². The van der Waals surface area contributed by atoms with Gasteiger partial charge in [-0.25, -0.2) is 9.97 Å². The molecule has 0 saturated carbocycles. The number of hydrogen-bond donors (Lipinski definition) is 1. The molecule has 3 heterocycles. The lowest BCUT2D eigenvalue weighted by Crippen LogP contribution is -2.55. The molecular formula is C19H27N5O. The van der Waals surface area contributed by atoms with E-state index in [2.05, 4.69) is 26.7 Å². The van der Waals surface area contributed by atoms with Crippen molar-refractivity contribution in [3.05, 3.63) is 36.3 Å². The normalized spacial score (nSPS) is 19.2. The summed E-state index contributed by atoms with van der Waals surface area (Å²) < 4.78 is 0. The molecule has 0 aromatic carbocycles. The molecule has 0 aliphatic carbocycles. The minimum Gasteiger partial charge on any atom is -0.389 e. The zero-order valence-electron chi connectivity index (χ0n) is 15.5. The van der Waals surface area contributed by atoms with Gasteiger partial charge in [-0.15, -0.1) is 0 Å². The van der Waals surface area contributed by atoms with Gasteiger partial charge in [-0.1, -0.05) is 0 Å². The molecular weight excluding hydrogens is 314 g/mol. The predicted molar refractivity (Wildman–Crippen MR) is 99.5 cm³/mol. The SMILES string of the molecule is Cc1cc(N2CCN(CC(C)(C)O)CC2C)nc(-c2ccncc2)n1. The van der Waals surface area contributed by atoms with Crippen LogP contribution in [0.4, 0.5) is 5.82 Å². The van der Waals surface area contributed by atoms with Crippen molar-refractivity contribution < 1.29 is 5.11 Å². The van der Waals surface area contributed by atoms with Crippen LogP contribution >= 0.6 is 0 Å². The van der Waals surface area contributed by atoms with Crippen molar-refractivity contribution >= 4 is 5.82 Å². The standard InChI is InChI=1S/C19H27N5O/c1-14-11-17(22-18(21-14)16-5-7-20-8-6-16)24-10-9-23(12-15(24)2)13-19(3,4)25/h5-8,11,15,25H,9-10,12-13H2,1-4H3. The lowest BCUT2D eigenvalue weighted by Gasteiger charge is -2.42. The third kappa shape index (κ3) is 4.52. The molecule has 0 amide bonds. The first kappa shape index (κ1) is 17.8. The molecule has 1 aliphatic rings. The smallest absolute Gasteiger partial charge is 0.161 e. The fourth-order valence-corrected chi connectivity index (χ4v) is 3.39. The van der Waals surface area contributed by atoms with E-state index in [1.54, 1.807) is 12.4 Å². The molecule has 6 heteroatoms. The Hall–Kier alpha value is -2.05. The highest BCUT2D eigenvalue weighted by Gasteiger charge is 2.28. The third-order valence-corrected chi connectivity index (χ3v) is 4.40. The van der Waals surface area contributed by atoms with Gasteiger partial charge in [0.1, 0.15) is 5.82 Å². The second-order valence-electron chi connectivity index (χ2n) is 7.52. The molecule has 134 valence electrons. The Kier molecular flexibility index (Phi) is 5.01. The fraction of sp³-hybridized carbons (Fsp3) is 0.526. The summed E-state index contributed by atoms with van der Waals surface area (Å²) in [4.78, 5) is 18.1. The number of aryl methyl sites for hydroxylation is 1. The van der Waals surface area contributed by atoms with E-state index in [1.807, 2.05) is 39.0 Å². The van der Waals surface area contributed by atoms with Gasteiger partial charge in [-0.3, -0.25) is 9.88 Å². The summed E-state index contributed by atoms with van der Waals surface area (Å²) in [5.74, 6) is 1.71. The van der Waals surface area contributed by atoms with Gasteiger partial charge in [0.15, 0.2) is 5.82 Å². The second kappa shape index (κ2) is 7.06. The van der Waals surface area contributed by atoms with Crippen LogP contribution in [-0.2, 0) is 0 Å². The van der Waals surface area contributed by atoms with E-state index in [0.717, 1.165) is 42.5 Å². The van der Waals surface area contributed by atoms with E-state index >= 15 is 0 Å².